The summed E-state index contributed by atoms with van der Waals surface area (Å²) in [4.78, 5) is 66.0. The topological polar surface area (TPSA) is 539 Å². The molecular weight excluding hydrogens is 1330 g/mol. The fourth-order valence-electron chi connectivity index (χ4n) is 7.98. The van der Waals surface area contributed by atoms with Gasteiger partial charge in [-0.25, -0.2) is 4.79 Å². The number of nitrogens with one attached hydrogen (secondary N) is 6. The van der Waals surface area contributed by atoms with Crippen LogP contribution in [-0.4, -0.2) is 107 Å². The molecule has 0 aliphatic carbocycles. The first-order chi connectivity index (χ1) is 41.8. The molecule has 0 bridgehead atoms. The Kier molecular flexibility index (Phi) is 18.5. The number of fused-ring (bicyclic) bond motifs is 2. The minimum absolute atomic E-state index is 0.104. The number of amides is 6. The lowest BCUT2D eigenvalue weighted by Gasteiger charge is -2.16. The molecule has 0 aliphatic rings. The number of hydrogen-bond acceptors (Lipinski definition) is 23. The first-order valence-electron chi connectivity index (χ1n) is 23.8. The molecule has 6 amide bonds. The van der Waals surface area contributed by atoms with Crippen molar-refractivity contribution in [2.45, 2.75) is 0 Å². The number of anilines is 6. The van der Waals surface area contributed by atoms with Gasteiger partial charge in [0.25, 0.3) is 23.6 Å². The van der Waals surface area contributed by atoms with Crippen LogP contribution in [0.15, 0.2) is 146 Å². The van der Waals surface area contributed by atoms with Gasteiger partial charge in [-0.3, -0.25) is 46.5 Å². The van der Waals surface area contributed by atoms with Gasteiger partial charge in [0.2, 0.25) is 0 Å². The Bertz CT molecular complexity index is 4650. The second kappa shape index (κ2) is 25.4. The van der Waals surface area contributed by atoms with Gasteiger partial charge in [-0.2, -0.15) is 50.5 Å². The molecule has 0 saturated heterocycles. The van der Waals surface area contributed by atoms with E-state index in [1.807, 2.05) is 0 Å². The van der Waals surface area contributed by atoms with Crippen molar-refractivity contribution in [2.75, 3.05) is 31.9 Å². The summed E-state index contributed by atoms with van der Waals surface area (Å²) in [6.45, 7) is 0. The van der Waals surface area contributed by atoms with Crippen LogP contribution in [0, 0.1) is 0 Å². The van der Waals surface area contributed by atoms with E-state index in [0.29, 0.717) is 24.3 Å². The smallest absolute Gasteiger partial charge is 0.362 e. The highest BCUT2D eigenvalue weighted by Gasteiger charge is 2.26. The lowest BCUT2D eigenvalue weighted by molar-refractivity contribution is 0.101. The molecule has 8 aromatic carbocycles. The fourth-order valence-corrected chi connectivity index (χ4v) is 10.1. The first kappa shape index (κ1) is 65.7. The third kappa shape index (κ3) is 18.4. The molecule has 0 spiro atoms. The summed E-state index contributed by atoms with van der Waals surface area (Å²) in [6.07, 6.45) is 0. The zero-order valence-electron chi connectivity index (χ0n) is 43.9. The zero-order valence-corrected chi connectivity index (χ0v) is 48.8. The number of urea groups is 1. The van der Waals surface area contributed by atoms with Gasteiger partial charge in [0.15, 0.2) is 23.0 Å². The maximum atomic E-state index is 13.4. The van der Waals surface area contributed by atoms with E-state index >= 15 is 0 Å². The predicted molar refractivity (Wildman–Crippen MR) is 311 cm³/mol. The average Bonchev–Trinajstić information content (AvgIpc) is 0.775. The van der Waals surface area contributed by atoms with Crippen LogP contribution < -0.4 is 57.0 Å². The van der Waals surface area contributed by atoms with Crippen LogP contribution in [0.5, 0.6) is 34.5 Å². The lowest BCUT2D eigenvalue weighted by atomic mass is 10.1. The van der Waals surface area contributed by atoms with Gasteiger partial charge >= 0.3 is 68.4 Å². The minimum atomic E-state index is -5.44. The molecule has 0 heterocycles. The first-order valence-corrected chi connectivity index (χ1v) is 31.9. The van der Waals surface area contributed by atoms with Crippen molar-refractivity contribution >= 4 is 148 Å². The summed E-state index contributed by atoms with van der Waals surface area (Å²) in [5, 5.41) is 12.7. The van der Waals surface area contributed by atoms with E-state index in [2.05, 4.69) is 57.0 Å². The summed E-state index contributed by atoms with van der Waals surface area (Å²) in [6, 6.07) is 26.5. The summed E-state index contributed by atoms with van der Waals surface area (Å²) < 4.78 is 222. The molecule has 0 saturated carbocycles. The quantitative estimate of drug-likeness (QED) is 0.0360. The molecule has 8 rings (SSSR count). The van der Waals surface area contributed by atoms with Gasteiger partial charge in [0.1, 0.15) is 11.5 Å². The van der Waals surface area contributed by atoms with E-state index in [1.54, 1.807) is 0 Å². The number of carbonyl (C=O) groups is 5. The Morgan fingerprint density at radius 1 is 0.278 bits per heavy atom. The molecule has 41 heteroatoms. The van der Waals surface area contributed by atoms with Crippen LogP contribution in [0.2, 0.25) is 0 Å². The summed E-state index contributed by atoms with van der Waals surface area (Å²) in [5.41, 5.74) is 0.0356. The van der Waals surface area contributed by atoms with Crippen LogP contribution in [0.1, 0.15) is 41.4 Å². The Hall–Kier alpha value is -10.3. The molecule has 90 heavy (non-hydrogen) atoms. The zero-order chi connectivity index (χ0) is 65.9. The van der Waals surface area contributed by atoms with Crippen LogP contribution in [-0.2, 0) is 62.4 Å². The van der Waals surface area contributed by atoms with Crippen molar-refractivity contribution < 1.29 is 127 Å². The number of benzene rings is 8. The molecule has 0 aromatic heterocycles. The predicted octanol–water partition coefficient (Wildman–Crippen LogP) is 5.74. The molecule has 12 N–H and O–H groups in total. The Labute approximate surface area is 506 Å². The van der Waals surface area contributed by atoms with Crippen molar-refractivity contribution in [3.8, 4) is 34.5 Å². The van der Waals surface area contributed by atoms with Gasteiger partial charge in [0.05, 0.1) is 22.1 Å². The Morgan fingerprint density at radius 3 is 0.789 bits per heavy atom. The molecule has 0 unspecified atom stereocenters. The van der Waals surface area contributed by atoms with Gasteiger partial charge < -0.3 is 57.0 Å². The van der Waals surface area contributed by atoms with Gasteiger partial charge in [-0.1, -0.05) is 0 Å². The number of carbonyl (C=O) groups excluding carboxylic acids is 5. The molecule has 0 atom stereocenters. The van der Waals surface area contributed by atoms with E-state index in [0.717, 1.165) is 24.3 Å². The Balaban J connectivity index is 0.854. The number of hydrogen-bond donors (Lipinski definition) is 12. The summed E-state index contributed by atoms with van der Waals surface area (Å²) in [7, 11) is -32.1. The third-order valence-electron chi connectivity index (χ3n) is 11.3. The van der Waals surface area contributed by atoms with E-state index in [-0.39, 0.29) is 56.4 Å². The molecular formula is C49H36N6O29S6. The standard InChI is InChI=1S/C49H36N6O29S6/c56-45(50-29-9-1-27(2-10-29)47(58)54-37-17-19-39(81-87(67,68)69)35-21-33(79-85(61,62)63)23-41(43(35)37)83-89(73,74)75)25-5-13-31(14-6-25)52-49(60)53-32-15-7-26(8-16-32)46(57)51-30-11-3-28(4-12-30)48(59)55-38-18-20-40(82-88(70,71)72)36-22-34(80-86(64,65)66)24-42(44(36)38)84-90(76,77)78/h1-24H,(H,50,56)(H,51,57)(H,54,58)(H,55,59)(H2,52,53,60)(H,61,62,63)(H,64,65,66)(H,67,68,69)(H,70,71,72)(H,73,74,75)(H,76,77,78). The number of rotatable bonds is 22. The average molecular weight is 1370 g/mol. The monoisotopic (exact) mass is 1360 g/mol. The van der Waals surface area contributed by atoms with Crippen LogP contribution in [0.4, 0.5) is 38.9 Å². The SMILES string of the molecule is O=C(Nc1ccc(C(=O)Nc2ccc(C(=O)Nc3ccc(OS(=O)(=O)O)c4cc(OS(=O)(=O)O)cc(OS(=O)(=O)O)c34)cc2)cc1)Nc1ccc(C(=O)Nc2ccc(C(=O)Nc3ccc(OS(=O)(=O)O)c4cc(OS(=O)(=O)O)cc(OS(=O)(=O)O)c34)cc2)cc1. The van der Waals surface area contributed by atoms with Crippen molar-refractivity contribution in [2.24, 2.45) is 0 Å². The highest BCUT2D eigenvalue weighted by molar-refractivity contribution is 7.82. The largest absolute Gasteiger partial charge is 0.446 e. The molecule has 0 radical (unpaired) electrons. The minimum Gasteiger partial charge on any atom is -0.362 e. The maximum Gasteiger partial charge on any atom is 0.446 e. The highest BCUT2D eigenvalue weighted by Crippen LogP contribution is 2.44. The fraction of sp³-hybridized carbons (Fsp3) is 0. The molecule has 0 aliphatic heterocycles. The van der Waals surface area contributed by atoms with Crippen molar-refractivity contribution in [3.05, 3.63) is 168 Å². The molecule has 35 nitrogen and oxygen atoms in total. The Morgan fingerprint density at radius 2 is 0.522 bits per heavy atom. The normalized spacial score (nSPS) is 12.0. The summed E-state index contributed by atoms with van der Waals surface area (Å²) >= 11 is 0. The van der Waals surface area contributed by atoms with Crippen molar-refractivity contribution in [1.29, 1.82) is 0 Å². The molecule has 8 aromatic rings. The van der Waals surface area contributed by atoms with E-state index in [4.69, 9.17) is 0 Å². The van der Waals surface area contributed by atoms with Crippen LogP contribution >= 0.6 is 0 Å². The van der Waals surface area contributed by atoms with Gasteiger partial charge in [-0.05, 0) is 133 Å². The molecule has 0 fully saturated rings. The molecule has 472 valence electrons. The van der Waals surface area contributed by atoms with Crippen LogP contribution in [0.3, 0.4) is 0 Å². The van der Waals surface area contributed by atoms with Gasteiger partial charge in [0, 0.05) is 67.9 Å². The second-order valence-electron chi connectivity index (χ2n) is 17.7. The van der Waals surface area contributed by atoms with E-state index in [9.17, 15) is 102 Å². The van der Waals surface area contributed by atoms with Crippen molar-refractivity contribution in [1.82, 2.24) is 0 Å². The third-order valence-corrected chi connectivity index (χ3v) is 13.7. The second-order valence-corrected chi connectivity index (χ2v) is 23.8. The van der Waals surface area contributed by atoms with E-state index < -0.39 is 148 Å². The van der Waals surface area contributed by atoms with Gasteiger partial charge in [-0.15, -0.1) is 0 Å². The van der Waals surface area contributed by atoms with Crippen molar-refractivity contribution in [3.63, 3.8) is 0 Å². The lowest BCUT2D eigenvalue weighted by Crippen LogP contribution is -2.20. The van der Waals surface area contributed by atoms with E-state index in [1.165, 1.54) is 97.1 Å². The maximum absolute atomic E-state index is 13.4. The van der Waals surface area contributed by atoms with Crippen LogP contribution in [0.25, 0.3) is 21.5 Å². The summed E-state index contributed by atoms with van der Waals surface area (Å²) in [5.74, 6) is -8.63. The highest BCUT2D eigenvalue weighted by atomic mass is 32.3.